The van der Waals surface area contributed by atoms with E-state index in [1.54, 1.807) is 7.11 Å². The molecule has 3 nitrogen and oxygen atoms in total. The lowest BCUT2D eigenvalue weighted by atomic mass is 10.0. The number of amides is 1. The first-order valence-electron chi connectivity index (χ1n) is 7.35. The molecule has 0 fully saturated rings. The summed E-state index contributed by atoms with van der Waals surface area (Å²) >= 11 is 0. The van der Waals surface area contributed by atoms with Crippen LogP contribution >= 0.6 is 0 Å². The van der Waals surface area contributed by atoms with E-state index in [1.165, 1.54) is 0 Å². The van der Waals surface area contributed by atoms with Crippen molar-refractivity contribution in [2.75, 3.05) is 7.11 Å². The predicted molar refractivity (Wildman–Crippen MR) is 83.1 cm³/mol. The van der Waals surface area contributed by atoms with Crippen LogP contribution in [-0.4, -0.2) is 19.1 Å². The molecule has 1 unspecified atom stereocenters. The Labute approximate surface area is 122 Å². The van der Waals surface area contributed by atoms with Gasteiger partial charge in [0.05, 0.1) is 13.5 Å². The van der Waals surface area contributed by atoms with E-state index >= 15 is 0 Å². The average molecular weight is 277 g/mol. The van der Waals surface area contributed by atoms with Gasteiger partial charge < -0.3 is 10.1 Å². The summed E-state index contributed by atoms with van der Waals surface area (Å²) in [4.78, 5) is 12.0. The van der Waals surface area contributed by atoms with E-state index in [0.29, 0.717) is 12.3 Å². The highest BCUT2D eigenvalue weighted by Crippen LogP contribution is 2.19. The van der Waals surface area contributed by atoms with Crippen LogP contribution < -0.4 is 10.1 Å². The maximum absolute atomic E-state index is 12.0. The van der Waals surface area contributed by atoms with Gasteiger partial charge in [-0.25, -0.2) is 0 Å². The minimum Gasteiger partial charge on any atom is -0.496 e. The maximum Gasteiger partial charge on any atom is 0.224 e. The molecule has 0 spiro atoms. The molecule has 1 N–H and O–H groups in total. The number of carbonyl (C=O) groups excluding carboxylic acids is 1. The number of hydrogen-bond acceptors (Lipinski definition) is 2. The zero-order valence-corrected chi connectivity index (χ0v) is 13.3. The second kappa shape index (κ2) is 7.93. The Morgan fingerprint density at radius 3 is 2.55 bits per heavy atom. The first-order valence-corrected chi connectivity index (χ1v) is 7.35. The van der Waals surface area contributed by atoms with Gasteiger partial charge >= 0.3 is 0 Å². The first kappa shape index (κ1) is 16.5. The Hall–Kier alpha value is -1.51. The predicted octanol–water partition coefficient (Wildman–Crippen LogP) is 3.49. The molecule has 3 heteroatoms. The van der Waals surface area contributed by atoms with Crippen molar-refractivity contribution >= 4 is 5.91 Å². The van der Waals surface area contributed by atoms with Crippen LogP contribution in [0.2, 0.25) is 0 Å². The van der Waals surface area contributed by atoms with Crippen molar-refractivity contribution in [3.63, 3.8) is 0 Å². The number of benzene rings is 1. The number of ether oxygens (including phenoxy) is 1. The maximum atomic E-state index is 12.0. The van der Waals surface area contributed by atoms with Crippen molar-refractivity contribution in [2.24, 2.45) is 5.92 Å². The molecule has 1 atom stereocenters. The number of hydrogen-bond donors (Lipinski definition) is 1. The van der Waals surface area contributed by atoms with E-state index < -0.39 is 0 Å². The third-order valence-electron chi connectivity index (χ3n) is 3.42. The molecule has 112 valence electrons. The number of carbonyl (C=O) groups is 1. The fraction of sp³-hybridized carbons (Fsp3) is 0.588. The summed E-state index contributed by atoms with van der Waals surface area (Å²) in [5, 5.41) is 3.06. The van der Waals surface area contributed by atoms with Gasteiger partial charge in [-0.15, -0.1) is 0 Å². The van der Waals surface area contributed by atoms with E-state index in [9.17, 15) is 4.79 Å². The van der Waals surface area contributed by atoms with Crippen molar-refractivity contribution in [1.82, 2.24) is 5.32 Å². The molecule has 1 aromatic carbocycles. The zero-order valence-electron chi connectivity index (χ0n) is 13.3. The zero-order chi connectivity index (χ0) is 15.1. The topological polar surface area (TPSA) is 38.3 Å². The number of aryl methyl sites for hydroxylation is 1. The monoisotopic (exact) mass is 277 g/mol. The summed E-state index contributed by atoms with van der Waals surface area (Å²) in [6, 6.07) is 6.14. The van der Waals surface area contributed by atoms with E-state index in [1.807, 2.05) is 25.1 Å². The molecule has 1 amide bonds. The molecule has 20 heavy (non-hydrogen) atoms. The van der Waals surface area contributed by atoms with Gasteiger partial charge in [-0.1, -0.05) is 26.0 Å². The second-order valence-electron chi connectivity index (χ2n) is 5.92. The highest BCUT2D eigenvalue weighted by molar-refractivity contribution is 5.79. The van der Waals surface area contributed by atoms with E-state index in [-0.39, 0.29) is 11.9 Å². The third kappa shape index (κ3) is 5.64. The van der Waals surface area contributed by atoms with Crippen molar-refractivity contribution in [3.8, 4) is 5.75 Å². The van der Waals surface area contributed by atoms with Gasteiger partial charge in [-0.05, 0) is 49.8 Å². The normalized spacial score (nSPS) is 12.3. The Kier molecular flexibility index (Phi) is 6.56. The minimum absolute atomic E-state index is 0.0761. The van der Waals surface area contributed by atoms with Gasteiger partial charge in [0.15, 0.2) is 0 Å². The van der Waals surface area contributed by atoms with Gasteiger partial charge in [-0.2, -0.15) is 0 Å². The van der Waals surface area contributed by atoms with Gasteiger partial charge in [0.2, 0.25) is 5.91 Å². The lowest BCUT2D eigenvalue weighted by molar-refractivity contribution is -0.121. The standard InChI is InChI=1S/C17H27NO2/c1-12(2)6-8-14(4)18-17(19)11-15-9-7-13(3)16(10-15)20-5/h7,9-10,12,14H,6,8,11H2,1-5H3,(H,18,19). The van der Waals surface area contributed by atoms with Crippen LogP contribution in [0.5, 0.6) is 5.75 Å². The molecule has 0 aliphatic carbocycles. The van der Waals surface area contributed by atoms with Gasteiger partial charge in [0.25, 0.3) is 0 Å². The molecular formula is C17H27NO2. The smallest absolute Gasteiger partial charge is 0.224 e. The minimum atomic E-state index is 0.0761. The first-order chi connectivity index (χ1) is 9.42. The number of nitrogens with one attached hydrogen (secondary N) is 1. The molecule has 0 bridgehead atoms. The van der Waals surface area contributed by atoms with Crippen molar-refractivity contribution in [3.05, 3.63) is 29.3 Å². The lowest BCUT2D eigenvalue weighted by Crippen LogP contribution is -2.33. The molecule has 0 radical (unpaired) electrons. The van der Waals surface area contributed by atoms with Crippen molar-refractivity contribution in [2.45, 2.75) is 53.0 Å². The molecular weight excluding hydrogens is 250 g/mol. The van der Waals surface area contributed by atoms with Crippen molar-refractivity contribution in [1.29, 1.82) is 0 Å². The second-order valence-corrected chi connectivity index (χ2v) is 5.92. The van der Waals surface area contributed by atoms with Crippen LogP contribution in [0, 0.1) is 12.8 Å². The Morgan fingerprint density at radius 1 is 1.25 bits per heavy atom. The van der Waals surface area contributed by atoms with Crippen LogP contribution in [0.3, 0.4) is 0 Å². The SMILES string of the molecule is COc1cc(CC(=O)NC(C)CCC(C)C)ccc1C. The lowest BCUT2D eigenvalue weighted by Gasteiger charge is -2.15. The summed E-state index contributed by atoms with van der Waals surface area (Å²) < 4.78 is 5.28. The fourth-order valence-electron chi connectivity index (χ4n) is 2.14. The quantitative estimate of drug-likeness (QED) is 0.828. The van der Waals surface area contributed by atoms with Crippen LogP contribution in [0.4, 0.5) is 0 Å². The van der Waals surface area contributed by atoms with E-state index in [2.05, 4.69) is 26.1 Å². The Bertz CT molecular complexity index is 441. The fourth-order valence-corrected chi connectivity index (χ4v) is 2.14. The molecule has 0 saturated heterocycles. The molecule has 1 aromatic rings. The van der Waals surface area contributed by atoms with Gasteiger partial charge in [0.1, 0.15) is 5.75 Å². The largest absolute Gasteiger partial charge is 0.496 e. The van der Waals surface area contributed by atoms with Crippen LogP contribution in [0.25, 0.3) is 0 Å². The molecule has 0 aliphatic rings. The summed E-state index contributed by atoms with van der Waals surface area (Å²) in [7, 11) is 1.65. The van der Waals surface area contributed by atoms with Gasteiger partial charge in [0, 0.05) is 6.04 Å². The number of methoxy groups -OCH3 is 1. The molecule has 1 rings (SSSR count). The number of rotatable bonds is 7. The highest BCUT2D eigenvalue weighted by atomic mass is 16.5. The highest BCUT2D eigenvalue weighted by Gasteiger charge is 2.10. The third-order valence-corrected chi connectivity index (χ3v) is 3.42. The summed E-state index contributed by atoms with van der Waals surface area (Å²) in [6.07, 6.45) is 2.57. The van der Waals surface area contributed by atoms with Crippen LogP contribution in [0.15, 0.2) is 18.2 Å². The molecule has 0 aliphatic heterocycles. The van der Waals surface area contributed by atoms with E-state index in [0.717, 1.165) is 29.7 Å². The van der Waals surface area contributed by atoms with E-state index in [4.69, 9.17) is 4.74 Å². The van der Waals surface area contributed by atoms with Crippen molar-refractivity contribution < 1.29 is 9.53 Å². The average Bonchev–Trinajstić information content (AvgIpc) is 2.38. The summed E-state index contributed by atoms with van der Waals surface area (Å²) in [5.74, 6) is 1.59. The van der Waals surface area contributed by atoms with Crippen LogP contribution in [0.1, 0.15) is 44.7 Å². The van der Waals surface area contributed by atoms with Crippen LogP contribution in [-0.2, 0) is 11.2 Å². The van der Waals surface area contributed by atoms with Gasteiger partial charge in [-0.3, -0.25) is 4.79 Å². The Morgan fingerprint density at radius 2 is 1.95 bits per heavy atom. The summed E-state index contributed by atoms with van der Waals surface area (Å²) in [6.45, 7) is 8.47. The molecule has 0 aromatic heterocycles. The Balaban J connectivity index is 2.49. The summed E-state index contributed by atoms with van der Waals surface area (Å²) in [5.41, 5.74) is 2.07. The molecule has 0 heterocycles. The molecule has 0 saturated carbocycles.